The minimum absolute atomic E-state index is 0.154. The molecule has 4 nitrogen and oxygen atoms in total. The summed E-state index contributed by atoms with van der Waals surface area (Å²) < 4.78 is 4.82. The molecule has 4 heteroatoms. The Balaban J connectivity index is 2.28. The van der Waals surface area contributed by atoms with Crippen LogP contribution in [0.3, 0.4) is 0 Å². The van der Waals surface area contributed by atoms with Crippen molar-refractivity contribution in [3.8, 4) is 0 Å². The highest BCUT2D eigenvalue weighted by Crippen LogP contribution is 2.29. The van der Waals surface area contributed by atoms with Crippen molar-refractivity contribution in [2.75, 3.05) is 27.2 Å². The summed E-state index contributed by atoms with van der Waals surface area (Å²) in [5.74, 6) is 0.744. The van der Waals surface area contributed by atoms with Crippen LogP contribution in [-0.2, 0) is 9.53 Å². The molecule has 0 aromatic carbocycles. The van der Waals surface area contributed by atoms with Crippen LogP contribution in [0.2, 0.25) is 0 Å². The molecule has 1 aliphatic rings. The number of rotatable bonds is 8. The van der Waals surface area contributed by atoms with Crippen LogP contribution in [0.1, 0.15) is 33.1 Å². The molecule has 1 unspecified atom stereocenters. The highest BCUT2D eigenvalue weighted by molar-refractivity contribution is 5.75. The van der Waals surface area contributed by atoms with Crippen LogP contribution in [0, 0.1) is 5.92 Å². The average molecular weight is 242 g/mol. The number of carbonyl (C=O) groups is 1. The second-order valence-corrected chi connectivity index (χ2v) is 5.39. The molecule has 1 atom stereocenters. The summed E-state index contributed by atoms with van der Waals surface area (Å²) in [4.78, 5) is 13.9. The van der Waals surface area contributed by atoms with Crippen molar-refractivity contribution in [3.05, 3.63) is 0 Å². The number of hydrogen-bond donors (Lipinski definition) is 1. The largest absolute Gasteiger partial charge is 0.468 e. The van der Waals surface area contributed by atoms with Crippen molar-refractivity contribution in [1.82, 2.24) is 10.2 Å². The predicted octanol–water partition coefficient (Wildman–Crippen LogP) is 1.26. The number of ether oxygens (including phenoxy) is 1. The van der Waals surface area contributed by atoms with Crippen LogP contribution in [0.15, 0.2) is 0 Å². The van der Waals surface area contributed by atoms with E-state index in [0.29, 0.717) is 6.04 Å². The minimum Gasteiger partial charge on any atom is -0.468 e. The molecule has 17 heavy (non-hydrogen) atoms. The minimum atomic E-state index is -0.179. The zero-order valence-electron chi connectivity index (χ0n) is 11.5. The van der Waals surface area contributed by atoms with Gasteiger partial charge in [-0.3, -0.25) is 4.79 Å². The van der Waals surface area contributed by atoms with E-state index in [9.17, 15) is 4.79 Å². The van der Waals surface area contributed by atoms with Gasteiger partial charge in [-0.15, -0.1) is 0 Å². The van der Waals surface area contributed by atoms with Crippen LogP contribution >= 0.6 is 0 Å². The van der Waals surface area contributed by atoms with Crippen molar-refractivity contribution >= 4 is 5.97 Å². The normalized spacial score (nSPS) is 17.5. The van der Waals surface area contributed by atoms with Crippen LogP contribution in [0.5, 0.6) is 0 Å². The Bertz CT molecular complexity index is 240. The van der Waals surface area contributed by atoms with Gasteiger partial charge in [-0.05, 0) is 38.8 Å². The number of nitrogens with one attached hydrogen (secondary N) is 1. The van der Waals surface area contributed by atoms with Crippen molar-refractivity contribution in [2.24, 2.45) is 5.92 Å². The van der Waals surface area contributed by atoms with E-state index in [1.807, 2.05) is 13.8 Å². The first-order valence-corrected chi connectivity index (χ1v) is 6.55. The summed E-state index contributed by atoms with van der Waals surface area (Å²) in [6.07, 6.45) is 3.55. The number of methoxy groups -OCH3 is 1. The zero-order chi connectivity index (χ0) is 12.8. The molecule has 0 aromatic rings. The lowest BCUT2D eigenvalue weighted by Gasteiger charge is -2.22. The molecule has 1 rings (SSSR count). The van der Waals surface area contributed by atoms with Crippen molar-refractivity contribution in [3.63, 3.8) is 0 Å². The third kappa shape index (κ3) is 6.03. The van der Waals surface area contributed by atoms with Crippen molar-refractivity contribution in [1.29, 1.82) is 0 Å². The van der Waals surface area contributed by atoms with Crippen LogP contribution < -0.4 is 5.32 Å². The molecule has 100 valence electrons. The van der Waals surface area contributed by atoms with E-state index >= 15 is 0 Å². The van der Waals surface area contributed by atoms with E-state index in [4.69, 9.17) is 4.74 Å². The van der Waals surface area contributed by atoms with Gasteiger partial charge in [-0.2, -0.15) is 0 Å². The third-order valence-corrected chi connectivity index (χ3v) is 3.09. The molecular formula is C13H26N2O2. The molecule has 1 fully saturated rings. The van der Waals surface area contributed by atoms with Gasteiger partial charge in [-0.25, -0.2) is 0 Å². The lowest BCUT2D eigenvalue weighted by Crippen LogP contribution is -2.43. The van der Waals surface area contributed by atoms with Gasteiger partial charge >= 0.3 is 5.97 Å². The molecule has 0 amide bonds. The number of carbonyl (C=O) groups excluding carboxylic acids is 1. The second kappa shape index (κ2) is 6.97. The maximum Gasteiger partial charge on any atom is 0.322 e. The standard InChI is InChI=1S/C13H26N2O2/c1-10(2)14-12(13(16)17-4)7-8-15(3)9-11-5-6-11/h10-12,14H,5-9H2,1-4H3. The van der Waals surface area contributed by atoms with Gasteiger partial charge in [0.2, 0.25) is 0 Å². The average Bonchev–Trinajstić information content (AvgIpc) is 3.06. The van der Waals surface area contributed by atoms with Crippen LogP contribution in [-0.4, -0.2) is 50.2 Å². The Morgan fingerprint density at radius 2 is 2.12 bits per heavy atom. The van der Waals surface area contributed by atoms with E-state index in [2.05, 4.69) is 17.3 Å². The number of esters is 1. The highest BCUT2D eigenvalue weighted by atomic mass is 16.5. The fourth-order valence-electron chi connectivity index (χ4n) is 2.00. The Hall–Kier alpha value is -0.610. The highest BCUT2D eigenvalue weighted by Gasteiger charge is 2.24. The van der Waals surface area contributed by atoms with E-state index in [-0.39, 0.29) is 12.0 Å². The topological polar surface area (TPSA) is 41.6 Å². The first-order valence-electron chi connectivity index (χ1n) is 6.55. The lowest BCUT2D eigenvalue weighted by atomic mass is 10.1. The van der Waals surface area contributed by atoms with Crippen LogP contribution in [0.4, 0.5) is 0 Å². The molecule has 1 aliphatic carbocycles. The molecule has 0 heterocycles. The second-order valence-electron chi connectivity index (χ2n) is 5.39. The van der Waals surface area contributed by atoms with Crippen molar-refractivity contribution < 1.29 is 9.53 Å². The Labute approximate surface area is 105 Å². The van der Waals surface area contributed by atoms with Gasteiger partial charge < -0.3 is 15.0 Å². The molecule has 0 spiro atoms. The SMILES string of the molecule is COC(=O)C(CCN(C)CC1CC1)NC(C)C. The quantitative estimate of drug-likeness (QED) is 0.651. The van der Waals surface area contributed by atoms with E-state index in [1.165, 1.54) is 20.0 Å². The summed E-state index contributed by atoms with van der Waals surface area (Å²) >= 11 is 0. The summed E-state index contributed by atoms with van der Waals surface area (Å²) in [5, 5.41) is 3.25. The van der Waals surface area contributed by atoms with Gasteiger partial charge in [0.15, 0.2) is 0 Å². The predicted molar refractivity (Wildman–Crippen MR) is 68.9 cm³/mol. The maximum absolute atomic E-state index is 11.6. The fraction of sp³-hybridized carbons (Fsp3) is 0.923. The Kier molecular flexibility index (Phi) is 5.92. The van der Waals surface area contributed by atoms with Crippen LogP contribution in [0.25, 0.3) is 0 Å². The summed E-state index contributed by atoms with van der Waals surface area (Å²) in [5.41, 5.74) is 0. The Morgan fingerprint density at radius 3 is 2.59 bits per heavy atom. The van der Waals surface area contributed by atoms with E-state index in [0.717, 1.165) is 25.4 Å². The number of hydrogen-bond acceptors (Lipinski definition) is 4. The summed E-state index contributed by atoms with van der Waals surface area (Å²) in [6, 6.07) is 0.120. The molecule has 0 radical (unpaired) electrons. The zero-order valence-corrected chi connectivity index (χ0v) is 11.5. The molecule has 0 aromatic heterocycles. The van der Waals surface area contributed by atoms with Gasteiger partial charge in [0.25, 0.3) is 0 Å². The fourth-order valence-corrected chi connectivity index (χ4v) is 2.00. The van der Waals surface area contributed by atoms with E-state index in [1.54, 1.807) is 0 Å². The van der Waals surface area contributed by atoms with Gasteiger partial charge in [0.05, 0.1) is 7.11 Å². The third-order valence-electron chi connectivity index (χ3n) is 3.09. The lowest BCUT2D eigenvalue weighted by molar-refractivity contribution is -0.143. The Morgan fingerprint density at radius 1 is 1.47 bits per heavy atom. The monoisotopic (exact) mass is 242 g/mol. The molecule has 1 N–H and O–H groups in total. The van der Waals surface area contributed by atoms with Gasteiger partial charge in [0, 0.05) is 12.6 Å². The first-order chi connectivity index (χ1) is 8.02. The molecule has 0 bridgehead atoms. The number of nitrogens with zero attached hydrogens (tertiary/aromatic N) is 1. The van der Waals surface area contributed by atoms with Gasteiger partial charge in [-0.1, -0.05) is 13.8 Å². The van der Waals surface area contributed by atoms with Gasteiger partial charge in [0.1, 0.15) is 6.04 Å². The molecule has 1 saturated carbocycles. The molecule has 0 saturated heterocycles. The summed E-state index contributed by atoms with van der Waals surface area (Å²) in [7, 11) is 3.58. The summed E-state index contributed by atoms with van der Waals surface area (Å²) in [6.45, 7) is 6.19. The first kappa shape index (κ1) is 14.5. The maximum atomic E-state index is 11.6. The van der Waals surface area contributed by atoms with Crippen molar-refractivity contribution in [2.45, 2.75) is 45.2 Å². The van der Waals surface area contributed by atoms with E-state index < -0.39 is 0 Å². The molecule has 0 aliphatic heterocycles. The smallest absolute Gasteiger partial charge is 0.322 e. The molecular weight excluding hydrogens is 216 g/mol.